The van der Waals surface area contributed by atoms with Crippen LogP contribution in [0.5, 0.6) is 0 Å². The standard InChI is InChI=1S/Mg.H3O4P.W/c;1-5(2,3)4;/h;(H3,1,2,3,4);. The first-order chi connectivity index (χ1) is 2.00. The number of hydrogen-bond donors (Lipinski definition) is 3. The zero-order valence-electron chi connectivity index (χ0n) is 3.31. The van der Waals surface area contributed by atoms with Crippen LogP contribution in [0.3, 0.4) is 0 Å². The number of hydrogen-bond acceptors (Lipinski definition) is 1. The van der Waals surface area contributed by atoms with Gasteiger partial charge in [0.1, 0.15) is 0 Å². The van der Waals surface area contributed by atoms with Crippen LogP contribution >= 0.6 is 7.82 Å². The van der Waals surface area contributed by atoms with Crippen LogP contribution in [0, 0.1) is 0 Å². The summed E-state index contributed by atoms with van der Waals surface area (Å²) in [5.41, 5.74) is 0. The fraction of sp³-hybridized carbons (Fsp3) is 0. The molecule has 0 spiro atoms. The van der Waals surface area contributed by atoms with E-state index in [1.54, 1.807) is 0 Å². The van der Waals surface area contributed by atoms with Gasteiger partial charge in [-0.15, -0.1) is 0 Å². The summed E-state index contributed by atoms with van der Waals surface area (Å²) in [6.07, 6.45) is 0. The molecule has 0 aromatic carbocycles. The van der Waals surface area contributed by atoms with Gasteiger partial charge in [0.15, 0.2) is 0 Å². The Morgan fingerprint density at radius 3 is 1.14 bits per heavy atom. The van der Waals surface area contributed by atoms with Crippen molar-refractivity contribution in [2.45, 2.75) is 0 Å². The van der Waals surface area contributed by atoms with Gasteiger partial charge in [-0.1, -0.05) is 0 Å². The zero-order chi connectivity index (χ0) is 4.50. The largest absolute Gasteiger partial charge is 0.466 e. The van der Waals surface area contributed by atoms with Crippen LogP contribution in [0.15, 0.2) is 0 Å². The molecule has 7 heavy (non-hydrogen) atoms. The predicted molar refractivity (Wildman–Crippen MR) is 20.0 cm³/mol. The van der Waals surface area contributed by atoms with Gasteiger partial charge in [-0.25, -0.2) is 4.57 Å². The molecule has 0 aromatic heterocycles. The molecule has 0 saturated carbocycles. The van der Waals surface area contributed by atoms with E-state index in [0.29, 0.717) is 0 Å². The Balaban J connectivity index is -0.0000000800. The van der Waals surface area contributed by atoms with Crippen LogP contribution in [0.1, 0.15) is 0 Å². The summed E-state index contributed by atoms with van der Waals surface area (Å²) in [7, 11) is -4.64. The van der Waals surface area contributed by atoms with E-state index in [2.05, 4.69) is 0 Å². The molecule has 0 fully saturated rings. The molecule has 0 heterocycles. The number of phosphoric acid groups is 1. The smallest absolute Gasteiger partial charge is 0.303 e. The molecule has 0 atom stereocenters. The molecule has 0 aromatic rings. The molecule has 0 aliphatic carbocycles. The molecule has 0 bridgehead atoms. The molecule has 7 heteroatoms. The van der Waals surface area contributed by atoms with E-state index in [9.17, 15) is 0 Å². The Bertz CT molecular complexity index is 57.8. The molecule has 0 aliphatic rings. The second-order valence-electron chi connectivity index (χ2n) is 0.513. The van der Waals surface area contributed by atoms with Crippen molar-refractivity contribution in [3.8, 4) is 0 Å². The topological polar surface area (TPSA) is 77.8 Å². The van der Waals surface area contributed by atoms with E-state index in [1.807, 2.05) is 0 Å². The summed E-state index contributed by atoms with van der Waals surface area (Å²) in [5.74, 6) is 0. The average molecular weight is 306 g/mol. The Morgan fingerprint density at radius 2 is 1.14 bits per heavy atom. The molecular formula is H3MgO4PW. The summed E-state index contributed by atoms with van der Waals surface area (Å²) in [5, 5.41) is 0. The molecule has 0 unspecified atom stereocenters. The quantitative estimate of drug-likeness (QED) is 0.383. The third kappa shape index (κ3) is 95.7. The van der Waals surface area contributed by atoms with Gasteiger partial charge in [-0.05, 0) is 0 Å². The van der Waals surface area contributed by atoms with Crippen molar-refractivity contribution in [3.05, 3.63) is 0 Å². The molecule has 4 nitrogen and oxygen atoms in total. The van der Waals surface area contributed by atoms with E-state index in [-0.39, 0.29) is 44.1 Å². The van der Waals surface area contributed by atoms with Crippen LogP contribution in [0.2, 0.25) is 0 Å². The minimum Gasteiger partial charge on any atom is -0.303 e. The van der Waals surface area contributed by atoms with Gasteiger partial charge < -0.3 is 14.7 Å². The molecular weight excluding hydrogens is 303 g/mol. The van der Waals surface area contributed by atoms with E-state index in [0.717, 1.165) is 0 Å². The van der Waals surface area contributed by atoms with Crippen molar-refractivity contribution in [1.82, 2.24) is 0 Å². The van der Waals surface area contributed by atoms with E-state index in [1.165, 1.54) is 0 Å². The minimum atomic E-state index is -4.64. The van der Waals surface area contributed by atoms with E-state index in [4.69, 9.17) is 19.2 Å². The first-order valence-electron chi connectivity index (χ1n) is 0.783. The molecule has 40 valence electrons. The maximum atomic E-state index is 8.88. The SMILES string of the molecule is O=P(O)(O)O.[Mg].[W]. The minimum absolute atomic E-state index is 0. The third-order valence-corrected chi connectivity index (χ3v) is 0. The van der Waals surface area contributed by atoms with Gasteiger partial charge in [0, 0.05) is 44.1 Å². The normalized spacial score (nSPS) is 8.43. The van der Waals surface area contributed by atoms with Crippen LogP contribution < -0.4 is 0 Å². The maximum Gasteiger partial charge on any atom is 0.466 e. The van der Waals surface area contributed by atoms with Gasteiger partial charge in [-0.3, -0.25) is 0 Å². The van der Waals surface area contributed by atoms with Crippen LogP contribution in [-0.4, -0.2) is 37.7 Å². The Morgan fingerprint density at radius 1 is 1.14 bits per heavy atom. The summed E-state index contributed by atoms with van der Waals surface area (Å²) in [6.45, 7) is 0. The van der Waals surface area contributed by atoms with Crippen molar-refractivity contribution in [1.29, 1.82) is 0 Å². The zero-order valence-corrected chi connectivity index (χ0v) is 8.55. The van der Waals surface area contributed by atoms with Crippen LogP contribution in [0.25, 0.3) is 0 Å². The Labute approximate surface area is 71.0 Å². The van der Waals surface area contributed by atoms with E-state index >= 15 is 0 Å². The van der Waals surface area contributed by atoms with Crippen LogP contribution in [0.4, 0.5) is 0 Å². The fourth-order valence-electron chi connectivity index (χ4n) is 0. The molecule has 2 radical (unpaired) electrons. The van der Waals surface area contributed by atoms with E-state index < -0.39 is 7.82 Å². The average Bonchev–Trinajstić information content (AvgIpc) is 0.722. The molecule has 0 rings (SSSR count). The van der Waals surface area contributed by atoms with Gasteiger partial charge in [0.05, 0.1) is 0 Å². The molecule has 0 aliphatic heterocycles. The monoisotopic (exact) mass is 306 g/mol. The van der Waals surface area contributed by atoms with Crippen molar-refractivity contribution in [2.24, 2.45) is 0 Å². The van der Waals surface area contributed by atoms with Crippen molar-refractivity contribution < 1.29 is 40.3 Å². The van der Waals surface area contributed by atoms with Crippen molar-refractivity contribution in [2.75, 3.05) is 0 Å². The van der Waals surface area contributed by atoms with Crippen LogP contribution in [-0.2, 0) is 25.6 Å². The second-order valence-corrected chi connectivity index (χ2v) is 1.54. The molecule has 0 amide bonds. The maximum absolute atomic E-state index is 8.88. The van der Waals surface area contributed by atoms with Gasteiger partial charge >= 0.3 is 7.82 Å². The first kappa shape index (κ1) is 15.8. The summed E-state index contributed by atoms with van der Waals surface area (Å²) < 4.78 is 8.88. The van der Waals surface area contributed by atoms with Crippen molar-refractivity contribution in [3.63, 3.8) is 0 Å². The summed E-state index contributed by atoms with van der Waals surface area (Å²) in [4.78, 5) is 21.6. The first-order valence-corrected chi connectivity index (χ1v) is 2.35. The Kier molecular flexibility index (Phi) is 12.9. The number of rotatable bonds is 0. The van der Waals surface area contributed by atoms with Gasteiger partial charge in [0.2, 0.25) is 0 Å². The predicted octanol–water partition coefficient (Wildman–Crippen LogP) is -1.31. The Hall–Kier alpha value is 1.56. The van der Waals surface area contributed by atoms with Gasteiger partial charge in [-0.2, -0.15) is 0 Å². The van der Waals surface area contributed by atoms with Crippen molar-refractivity contribution >= 4 is 30.9 Å². The fourth-order valence-corrected chi connectivity index (χ4v) is 0. The summed E-state index contributed by atoms with van der Waals surface area (Å²) in [6, 6.07) is 0. The molecule has 3 N–H and O–H groups in total. The van der Waals surface area contributed by atoms with Gasteiger partial charge in [0.25, 0.3) is 0 Å². The summed E-state index contributed by atoms with van der Waals surface area (Å²) >= 11 is 0. The third-order valence-electron chi connectivity index (χ3n) is 0. The molecule has 0 saturated heterocycles. The second kappa shape index (κ2) is 5.70.